The maximum atomic E-state index is 5.08. The first kappa shape index (κ1) is 37.8. The Morgan fingerprint density at radius 1 is 0.590 bits per heavy atom. The predicted molar refractivity (Wildman–Crippen MR) is 257 cm³/mol. The molecule has 2 aliphatic rings. The van der Waals surface area contributed by atoms with Gasteiger partial charge in [-0.1, -0.05) is 213 Å². The third kappa shape index (κ3) is 6.34. The van der Waals surface area contributed by atoms with Gasteiger partial charge in [-0.05, 0) is 91.0 Å². The van der Waals surface area contributed by atoms with E-state index in [9.17, 15) is 0 Å². The highest BCUT2D eigenvalue weighted by Gasteiger charge is 2.46. The molecule has 1 heterocycles. The zero-order valence-electron chi connectivity index (χ0n) is 34.5. The van der Waals surface area contributed by atoms with Crippen molar-refractivity contribution in [1.82, 2.24) is 0 Å². The van der Waals surface area contributed by atoms with Crippen molar-refractivity contribution in [3.05, 3.63) is 252 Å². The highest BCUT2D eigenvalue weighted by Crippen LogP contribution is 2.58. The van der Waals surface area contributed by atoms with Crippen molar-refractivity contribution in [3.63, 3.8) is 0 Å². The van der Waals surface area contributed by atoms with Crippen molar-refractivity contribution in [2.24, 2.45) is 9.98 Å². The smallest absolute Gasteiger partial charge is 0.235 e. The van der Waals surface area contributed by atoms with Crippen LogP contribution in [-0.4, -0.2) is 17.8 Å². The van der Waals surface area contributed by atoms with E-state index in [0.717, 1.165) is 33.7 Å². The number of quaternary nitrogens is 1. The Hall–Kier alpha value is -7.46. The van der Waals surface area contributed by atoms with Crippen LogP contribution in [0, 0.1) is 0 Å². The van der Waals surface area contributed by atoms with Crippen LogP contribution in [0.15, 0.2) is 235 Å². The minimum absolute atomic E-state index is 0.151. The maximum Gasteiger partial charge on any atom is 0.235 e. The van der Waals surface area contributed by atoms with Crippen molar-refractivity contribution in [2.75, 3.05) is 0 Å². The Morgan fingerprint density at radius 2 is 1.20 bits per heavy atom. The molecule has 61 heavy (non-hydrogen) atoms. The van der Waals surface area contributed by atoms with Crippen molar-refractivity contribution in [1.29, 1.82) is 0 Å². The molecule has 0 radical (unpaired) electrons. The summed E-state index contributed by atoms with van der Waals surface area (Å²) < 4.78 is 0. The van der Waals surface area contributed by atoms with Gasteiger partial charge in [0.1, 0.15) is 0 Å². The van der Waals surface area contributed by atoms with Crippen LogP contribution in [0.1, 0.15) is 41.7 Å². The van der Waals surface area contributed by atoms with Gasteiger partial charge in [-0.25, -0.2) is 4.99 Å². The normalized spacial score (nSPS) is 17.2. The van der Waals surface area contributed by atoms with Crippen LogP contribution in [0.2, 0.25) is 0 Å². The summed E-state index contributed by atoms with van der Waals surface area (Å²) in [5, 5.41) is 7.03. The molecule has 2 unspecified atom stereocenters. The van der Waals surface area contributed by atoms with Crippen LogP contribution in [0.3, 0.4) is 0 Å². The minimum atomic E-state index is -0.488. The fraction of sp³-hybridized carbons (Fsp3) is 0.0690. The molecule has 2 N–H and O–H groups in total. The lowest BCUT2D eigenvalue weighted by atomic mass is 9.67. The van der Waals surface area contributed by atoms with Gasteiger partial charge in [-0.15, -0.1) is 0 Å². The lowest BCUT2D eigenvalue weighted by molar-refractivity contribution is -0.569. The number of nitrogens with zero attached hydrogens (tertiary/aromatic N) is 2. The number of nitrogens with two attached hydrogens (primary N) is 1. The summed E-state index contributed by atoms with van der Waals surface area (Å²) in [7, 11) is 0. The summed E-state index contributed by atoms with van der Waals surface area (Å²) >= 11 is 0. The van der Waals surface area contributed by atoms with Gasteiger partial charge >= 0.3 is 0 Å². The molecule has 0 fully saturated rings. The summed E-state index contributed by atoms with van der Waals surface area (Å²) in [5.41, 5.74) is 14.9. The molecule has 1 aliphatic heterocycles. The van der Waals surface area contributed by atoms with E-state index in [-0.39, 0.29) is 6.17 Å². The average molecular weight is 785 g/mol. The van der Waals surface area contributed by atoms with E-state index in [1.165, 1.54) is 66.1 Å². The van der Waals surface area contributed by atoms with E-state index < -0.39 is 5.41 Å². The first-order chi connectivity index (χ1) is 30.0. The summed E-state index contributed by atoms with van der Waals surface area (Å²) in [6, 6.07) is 64.8. The molecule has 0 bridgehead atoms. The lowest BCUT2D eigenvalue weighted by Gasteiger charge is -2.34. The van der Waals surface area contributed by atoms with Gasteiger partial charge in [0.15, 0.2) is 5.84 Å². The number of amidine groups is 2. The Balaban J connectivity index is 1.10. The zero-order chi connectivity index (χ0) is 41.5. The van der Waals surface area contributed by atoms with E-state index in [2.05, 4.69) is 201 Å². The molecule has 0 aromatic heterocycles. The molecule has 0 saturated carbocycles. The predicted octanol–water partition coefficient (Wildman–Crippen LogP) is 13.0. The topological polar surface area (TPSA) is 41.3 Å². The summed E-state index contributed by atoms with van der Waals surface area (Å²) in [5.74, 6) is 1.53. The molecule has 10 rings (SSSR count). The van der Waals surface area contributed by atoms with Crippen LogP contribution in [-0.2, 0) is 5.41 Å². The van der Waals surface area contributed by atoms with Gasteiger partial charge in [0.2, 0.25) is 12.0 Å². The molecule has 2 atom stereocenters. The summed E-state index contributed by atoms with van der Waals surface area (Å²) in [4.78, 5) is 10.1. The number of hydrogen-bond donors (Lipinski definition) is 1. The Labute approximate surface area is 358 Å². The summed E-state index contributed by atoms with van der Waals surface area (Å²) in [6.07, 6.45) is 7.65. The van der Waals surface area contributed by atoms with E-state index in [1.807, 2.05) is 31.2 Å². The van der Waals surface area contributed by atoms with Crippen LogP contribution in [0.4, 0.5) is 0 Å². The van der Waals surface area contributed by atoms with Crippen LogP contribution < -0.4 is 5.32 Å². The van der Waals surface area contributed by atoms with E-state index >= 15 is 0 Å². The van der Waals surface area contributed by atoms with Gasteiger partial charge in [0, 0.05) is 16.7 Å². The Kier molecular flexibility index (Phi) is 9.67. The van der Waals surface area contributed by atoms with Crippen molar-refractivity contribution in [2.45, 2.75) is 25.4 Å². The third-order valence-corrected chi connectivity index (χ3v) is 12.5. The molecule has 0 saturated heterocycles. The maximum absolute atomic E-state index is 5.08. The van der Waals surface area contributed by atoms with Crippen molar-refractivity contribution in [3.8, 4) is 33.4 Å². The number of hydrogen-bond acceptors (Lipinski definition) is 2. The highest BCUT2D eigenvalue weighted by molar-refractivity contribution is 6.11. The zero-order valence-corrected chi connectivity index (χ0v) is 34.5. The molecular formula is C58H46N3+. The molecule has 3 nitrogen and oxygen atoms in total. The quantitative estimate of drug-likeness (QED) is 0.142. The van der Waals surface area contributed by atoms with Gasteiger partial charge in [-0.2, -0.15) is 4.99 Å². The molecule has 8 aromatic carbocycles. The Morgan fingerprint density at radius 3 is 1.92 bits per heavy atom. The molecule has 292 valence electrons. The number of benzene rings is 8. The van der Waals surface area contributed by atoms with Crippen LogP contribution >= 0.6 is 0 Å². The molecule has 1 aliphatic carbocycles. The first-order valence-corrected chi connectivity index (χ1v) is 21.0. The minimum Gasteiger partial charge on any atom is -0.272 e. The SMILES string of the molecule is C=C/C=C(\C)C1N=C(c2ccc(-c3c(-c4ccc(C5(c6ccccc6)c6ccccc6-c6c5ccc5ccccc65)cc4)ccc4ccccc34)cc2)N=C(C(=C)/C=C\C)[NH2+]1. The number of rotatable bonds is 9. The fourth-order valence-corrected chi connectivity index (χ4v) is 9.65. The monoisotopic (exact) mass is 784 g/mol. The van der Waals surface area contributed by atoms with Crippen LogP contribution in [0.5, 0.6) is 0 Å². The number of fused-ring (bicyclic) bond motifs is 6. The second-order valence-corrected chi connectivity index (χ2v) is 16.0. The van der Waals surface area contributed by atoms with Crippen molar-refractivity contribution >= 4 is 33.2 Å². The van der Waals surface area contributed by atoms with E-state index in [0.29, 0.717) is 5.84 Å². The molecular weight excluding hydrogens is 739 g/mol. The second-order valence-electron chi connectivity index (χ2n) is 16.0. The van der Waals surface area contributed by atoms with Gasteiger partial charge in [0.05, 0.1) is 5.41 Å². The molecule has 8 aromatic rings. The van der Waals surface area contributed by atoms with E-state index in [1.54, 1.807) is 0 Å². The van der Waals surface area contributed by atoms with Crippen LogP contribution in [0.25, 0.3) is 54.9 Å². The highest BCUT2D eigenvalue weighted by atomic mass is 15.2. The third-order valence-electron chi connectivity index (χ3n) is 12.5. The first-order valence-electron chi connectivity index (χ1n) is 21.0. The second kappa shape index (κ2) is 15.6. The van der Waals surface area contributed by atoms with E-state index in [4.69, 9.17) is 9.98 Å². The largest absolute Gasteiger partial charge is 0.272 e. The molecule has 3 heteroatoms. The van der Waals surface area contributed by atoms with Gasteiger partial charge < -0.3 is 0 Å². The molecule has 0 amide bonds. The Bertz CT molecular complexity index is 3150. The lowest BCUT2D eigenvalue weighted by Crippen LogP contribution is -2.94. The fourth-order valence-electron chi connectivity index (χ4n) is 9.65. The molecule has 0 spiro atoms. The average Bonchev–Trinajstić information content (AvgIpc) is 3.63. The summed E-state index contributed by atoms with van der Waals surface area (Å²) in [6.45, 7) is 12.3. The number of allylic oxidation sites excluding steroid dienone is 3. The standard InChI is InChI=1S/C58H45N3/c1-5-16-38(3)55-59-56(39(4)17-6-2)61-57(60-55)44-28-26-43(27-29-44)53-47-22-12-10-18-40(47)32-36-49(53)42-30-34-46(35-31-42)58(45-20-8-7-9-21-45)51-25-15-14-24-50(51)54-48-23-13-11-19-41(48)33-37-52(54)58/h5-37,55H,1,4H2,2-3H3,(H,59,60,61)/p+1/b17-6-,38-16+. The van der Waals surface area contributed by atoms with Crippen molar-refractivity contribution < 1.29 is 5.32 Å². The van der Waals surface area contributed by atoms with Gasteiger partial charge in [-0.3, -0.25) is 5.32 Å². The van der Waals surface area contributed by atoms with Gasteiger partial charge in [0.25, 0.3) is 0 Å². The number of aliphatic imine (C=N–C) groups is 2.